The van der Waals surface area contributed by atoms with Gasteiger partial charge in [-0.25, -0.2) is 9.97 Å². The van der Waals surface area contributed by atoms with Gasteiger partial charge in [-0.2, -0.15) is 0 Å². The molecule has 4 rings (SSSR count). The van der Waals surface area contributed by atoms with Crippen LogP contribution < -0.4 is 14.8 Å². The van der Waals surface area contributed by atoms with Crippen LogP contribution in [0, 0.1) is 6.07 Å². The van der Waals surface area contributed by atoms with Crippen molar-refractivity contribution in [2.75, 3.05) is 32.6 Å². The largest absolute Gasteiger partial charge is 0.493 e. The summed E-state index contributed by atoms with van der Waals surface area (Å²) in [5.74, 6) is 3.01. The molecular formula is C26H27N4O2. The minimum Gasteiger partial charge on any atom is -0.493 e. The molecule has 1 N–H and O–H groups in total. The average molecular weight is 428 g/mol. The van der Waals surface area contributed by atoms with Crippen LogP contribution in [-0.2, 0) is 0 Å². The summed E-state index contributed by atoms with van der Waals surface area (Å²) in [5, 5.41) is 4.24. The Morgan fingerprint density at radius 3 is 2.50 bits per heavy atom. The van der Waals surface area contributed by atoms with Gasteiger partial charge in [0.2, 0.25) is 0 Å². The van der Waals surface area contributed by atoms with Gasteiger partial charge in [0.25, 0.3) is 0 Å². The molecule has 1 radical (unpaired) electrons. The predicted molar refractivity (Wildman–Crippen MR) is 128 cm³/mol. The van der Waals surface area contributed by atoms with Crippen molar-refractivity contribution in [3.8, 4) is 17.2 Å². The molecule has 0 saturated carbocycles. The van der Waals surface area contributed by atoms with Crippen molar-refractivity contribution < 1.29 is 9.47 Å². The molecule has 0 atom stereocenters. The Morgan fingerprint density at radius 2 is 1.72 bits per heavy atom. The Hall–Kier alpha value is -3.64. The van der Waals surface area contributed by atoms with Crippen LogP contribution in [0.4, 0.5) is 11.5 Å². The summed E-state index contributed by atoms with van der Waals surface area (Å²) in [6, 6.07) is 24.5. The van der Waals surface area contributed by atoms with Crippen molar-refractivity contribution in [3.63, 3.8) is 0 Å². The van der Waals surface area contributed by atoms with E-state index >= 15 is 0 Å². The monoisotopic (exact) mass is 427 g/mol. The van der Waals surface area contributed by atoms with Crippen molar-refractivity contribution >= 4 is 22.4 Å². The van der Waals surface area contributed by atoms with Gasteiger partial charge in [-0.1, -0.05) is 18.2 Å². The zero-order valence-electron chi connectivity index (χ0n) is 18.4. The summed E-state index contributed by atoms with van der Waals surface area (Å²) in [7, 11) is 4.16. The van der Waals surface area contributed by atoms with Crippen LogP contribution in [0.15, 0.2) is 73.1 Å². The number of aromatic nitrogens is 2. The highest BCUT2D eigenvalue weighted by Crippen LogP contribution is 2.28. The second kappa shape index (κ2) is 10.6. The number of fused-ring (bicyclic) bond motifs is 1. The van der Waals surface area contributed by atoms with E-state index in [0.717, 1.165) is 53.3 Å². The van der Waals surface area contributed by atoms with Crippen LogP contribution in [0.25, 0.3) is 10.9 Å². The number of hydrogen-bond donors (Lipinski definition) is 1. The normalized spacial score (nSPS) is 11.0. The Kier molecular flexibility index (Phi) is 7.15. The molecule has 163 valence electrons. The number of ether oxygens (including phenoxy) is 2. The van der Waals surface area contributed by atoms with Crippen molar-refractivity contribution in [3.05, 3.63) is 79.1 Å². The molecule has 6 nitrogen and oxygen atoms in total. The third-order valence-corrected chi connectivity index (χ3v) is 4.89. The standard InChI is InChI=1S/C26H27N4O2/c1-30(2)16-6-7-17-31-23-14-15-24-25(18-23)27-19-28-26(24)29-20-10-12-22(13-11-20)32-21-8-4-3-5-9-21/h3-5,8-13,15,18-19H,6-7,16-17H2,1-2H3,(H,27,28,29). The summed E-state index contributed by atoms with van der Waals surface area (Å²) in [4.78, 5) is 11.0. The number of nitrogens with one attached hydrogen (secondary N) is 1. The molecule has 0 amide bonds. The van der Waals surface area contributed by atoms with Crippen LogP contribution >= 0.6 is 0 Å². The molecule has 0 fully saturated rings. The van der Waals surface area contributed by atoms with Crippen molar-refractivity contribution in [1.29, 1.82) is 0 Å². The molecule has 1 heterocycles. The second-order valence-electron chi connectivity index (χ2n) is 7.74. The first-order valence-corrected chi connectivity index (χ1v) is 10.7. The fourth-order valence-corrected chi connectivity index (χ4v) is 3.24. The number of para-hydroxylation sites is 1. The molecule has 0 aliphatic carbocycles. The molecule has 0 spiro atoms. The second-order valence-corrected chi connectivity index (χ2v) is 7.74. The van der Waals surface area contributed by atoms with E-state index in [2.05, 4.69) is 40.3 Å². The van der Waals surface area contributed by atoms with E-state index in [9.17, 15) is 0 Å². The van der Waals surface area contributed by atoms with Crippen molar-refractivity contribution in [2.24, 2.45) is 0 Å². The first-order chi connectivity index (χ1) is 15.7. The molecule has 32 heavy (non-hydrogen) atoms. The van der Waals surface area contributed by atoms with Crippen molar-refractivity contribution in [1.82, 2.24) is 14.9 Å². The minimum absolute atomic E-state index is 0.670. The summed E-state index contributed by atoms with van der Waals surface area (Å²) in [6.07, 6.45) is 3.66. The van der Waals surface area contributed by atoms with E-state index in [0.29, 0.717) is 12.4 Å². The minimum atomic E-state index is 0.670. The highest BCUT2D eigenvalue weighted by Gasteiger charge is 2.07. The van der Waals surface area contributed by atoms with E-state index in [-0.39, 0.29) is 0 Å². The lowest BCUT2D eigenvalue weighted by Crippen LogP contribution is -2.13. The maximum atomic E-state index is 5.85. The van der Waals surface area contributed by atoms with Crippen LogP contribution in [0.2, 0.25) is 0 Å². The molecule has 0 bridgehead atoms. The highest BCUT2D eigenvalue weighted by atomic mass is 16.5. The van der Waals surface area contributed by atoms with E-state index in [4.69, 9.17) is 9.47 Å². The maximum absolute atomic E-state index is 5.85. The van der Waals surface area contributed by atoms with Gasteiger partial charge in [0, 0.05) is 23.2 Å². The van der Waals surface area contributed by atoms with Gasteiger partial charge in [-0.3, -0.25) is 0 Å². The Bertz CT molecular complexity index is 1130. The van der Waals surface area contributed by atoms with Gasteiger partial charge in [-0.15, -0.1) is 0 Å². The zero-order chi connectivity index (χ0) is 22.2. The molecule has 0 aliphatic rings. The van der Waals surface area contributed by atoms with Crippen molar-refractivity contribution in [2.45, 2.75) is 12.8 Å². The molecule has 0 saturated heterocycles. The van der Waals surface area contributed by atoms with Crippen LogP contribution in [-0.4, -0.2) is 42.1 Å². The third kappa shape index (κ3) is 5.95. The smallest absolute Gasteiger partial charge is 0.141 e. The van der Waals surface area contributed by atoms with Gasteiger partial charge < -0.3 is 19.7 Å². The SMILES string of the molecule is CN(C)CCCCOc1[c]cc2c(Nc3ccc(Oc4ccccc4)cc3)ncnc2c1. The van der Waals surface area contributed by atoms with Crippen LogP contribution in [0.1, 0.15) is 12.8 Å². The van der Waals surface area contributed by atoms with Gasteiger partial charge in [0.05, 0.1) is 12.1 Å². The fourth-order valence-electron chi connectivity index (χ4n) is 3.24. The van der Waals surface area contributed by atoms with Gasteiger partial charge in [-0.05, 0) is 75.9 Å². The van der Waals surface area contributed by atoms with Gasteiger partial charge in [0.1, 0.15) is 29.4 Å². The number of unbranched alkanes of at least 4 members (excludes halogenated alkanes) is 1. The maximum Gasteiger partial charge on any atom is 0.141 e. The number of nitrogens with zero attached hydrogens (tertiary/aromatic N) is 3. The topological polar surface area (TPSA) is 59.5 Å². The molecule has 1 aromatic heterocycles. The first-order valence-electron chi connectivity index (χ1n) is 10.7. The lowest BCUT2D eigenvalue weighted by atomic mass is 10.2. The summed E-state index contributed by atoms with van der Waals surface area (Å²) in [5.41, 5.74) is 1.72. The van der Waals surface area contributed by atoms with Gasteiger partial charge in [0.15, 0.2) is 0 Å². The van der Waals surface area contributed by atoms with E-state index in [1.54, 1.807) is 6.33 Å². The summed E-state index contributed by atoms with van der Waals surface area (Å²) in [6.45, 7) is 1.73. The zero-order valence-corrected chi connectivity index (χ0v) is 18.4. The Morgan fingerprint density at radius 1 is 0.938 bits per heavy atom. The molecule has 3 aromatic carbocycles. The predicted octanol–water partition coefficient (Wildman–Crippen LogP) is 5.69. The highest BCUT2D eigenvalue weighted by molar-refractivity contribution is 5.91. The lowest BCUT2D eigenvalue weighted by molar-refractivity contribution is 0.293. The number of anilines is 2. The van der Waals surface area contributed by atoms with E-state index in [1.165, 1.54) is 0 Å². The molecule has 0 unspecified atom stereocenters. The fraction of sp³-hybridized carbons (Fsp3) is 0.231. The van der Waals surface area contributed by atoms with Crippen LogP contribution in [0.5, 0.6) is 17.2 Å². The van der Waals surface area contributed by atoms with E-state index in [1.807, 2.05) is 66.7 Å². The molecule has 0 aliphatic heterocycles. The number of rotatable bonds is 10. The lowest BCUT2D eigenvalue weighted by Gasteiger charge is -2.11. The van der Waals surface area contributed by atoms with Crippen LogP contribution in [0.3, 0.4) is 0 Å². The quantitative estimate of drug-likeness (QED) is 0.328. The molecule has 6 heteroatoms. The molecular weight excluding hydrogens is 400 g/mol. The third-order valence-electron chi connectivity index (χ3n) is 4.89. The summed E-state index contributed by atoms with van der Waals surface area (Å²) < 4.78 is 11.7. The summed E-state index contributed by atoms with van der Waals surface area (Å²) >= 11 is 0. The molecule has 4 aromatic rings. The average Bonchev–Trinajstić information content (AvgIpc) is 2.81. The first kappa shape index (κ1) is 21.6. The number of hydrogen-bond acceptors (Lipinski definition) is 6. The number of benzene rings is 3. The van der Waals surface area contributed by atoms with E-state index < -0.39 is 0 Å². The Labute approximate surface area is 188 Å². The van der Waals surface area contributed by atoms with Gasteiger partial charge >= 0.3 is 0 Å². The Balaban J connectivity index is 1.39.